The molecule has 1 saturated heterocycles. The fourth-order valence-corrected chi connectivity index (χ4v) is 2.57. The van der Waals surface area contributed by atoms with Crippen LogP contribution in [0.1, 0.15) is 25.1 Å². The van der Waals surface area contributed by atoms with Crippen LogP contribution in [-0.2, 0) is 13.0 Å². The molecule has 0 amide bonds. The van der Waals surface area contributed by atoms with Crippen molar-refractivity contribution in [1.82, 2.24) is 14.9 Å². The van der Waals surface area contributed by atoms with Gasteiger partial charge in [0.2, 0.25) is 0 Å². The quantitative estimate of drug-likeness (QED) is 0.758. The van der Waals surface area contributed by atoms with Crippen molar-refractivity contribution < 1.29 is 0 Å². The number of aromatic nitrogens is 2. The van der Waals surface area contributed by atoms with Crippen LogP contribution in [0.5, 0.6) is 0 Å². The summed E-state index contributed by atoms with van der Waals surface area (Å²) in [4.78, 5) is 4.52. The van der Waals surface area contributed by atoms with Gasteiger partial charge in [-0.15, -0.1) is 0 Å². The Labute approximate surface area is 90.1 Å². The van der Waals surface area contributed by atoms with E-state index >= 15 is 0 Å². The van der Waals surface area contributed by atoms with E-state index in [1.807, 2.05) is 6.20 Å². The molecule has 2 N–H and O–H groups in total. The average molecular weight is 206 g/mol. The van der Waals surface area contributed by atoms with Crippen LogP contribution in [-0.4, -0.2) is 28.7 Å². The summed E-state index contributed by atoms with van der Waals surface area (Å²) in [5.74, 6) is 2.45. The third-order valence-electron chi connectivity index (χ3n) is 3.39. The number of rotatable bonds is 2. The molecular formula is C11H18N4. The molecular weight excluding hydrogens is 188 g/mol. The molecule has 0 aliphatic carbocycles. The van der Waals surface area contributed by atoms with Gasteiger partial charge in [0.1, 0.15) is 11.6 Å². The van der Waals surface area contributed by atoms with E-state index in [1.54, 1.807) is 0 Å². The fraction of sp³-hybridized carbons (Fsp3) is 0.727. The first-order valence-corrected chi connectivity index (χ1v) is 5.95. The lowest BCUT2D eigenvalue weighted by molar-refractivity contribution is 0.540. The highest BCUT2D eigenvalue weighted by molar-refractivity contribution is 5.36. The van der Waals surface area contributed by atoms with Crippen LogP contribution < -0.4 is 10.6 Å². The summed E-state index contributed by atoms with van der Waals surface area (Å²) in [5, 5.41) is 6.92. The van der Waals surface area contributed by atoms with E-state index in [0.717, 1.165) is 19.5 Å². The standard InChI is InChI=1S/C11H18N4/c1-3-9(12-4-1)7-10-14-8-11-13-5-2-6-15(10)11/h8-9,12-13H,1-7H2. The smallest absolute Gasteiger partial charge is 0.126 e. The molecule has 3 rings (SSSR count). The number of imidazole rings is 1. The number of nitrogens with one attached hydrogen (secondary N) is 2. The topological polar surface area (TPSA) is 41.9 Å². The molecule has 0 radical (unpaired) electrons. The van der Waals surface area contributed by atoms with E-state index in [0.29, 0.717) is 6.04 Å². The Morgan fingerprint density at radius 2 is 2.40 bits per heavy atom. The maximum atomic E-state index is 4.52. The Kier molecular flexibility index (Phi) is 2.37. The molecule has 2 aliphatic rings. The van der Waals surface area contributed by atoms with Gasteiger partial charge >= 0.3 is 0 Å². The Bertz CT molecular complexity index is 338. The molecule has 0 spiro atoms. The van der Waals surface area contributed by atoms with E-state index in [2.05, 4.69) is 20.2 Å². The van der Waals surface area contributed by atoms with Crippen LogP contribution >= 0.6 is 0 Å². The molecule has 1 unspecified atom stereocenters. The molecule has 2 aliphatic heterocycles. The maximum absolute atomic E-state index is 4.52. The van der Waals surface area contributed by atoms with E-state index in [4.69, 9.17) is 0 Å². The number of fused-ring (bicyclic) bond motifs is 1. The van der Waals surface area contributed by atoms with Gasteiger partial charge in [-0.05, 0) is 25.8 Å². The molecule has 1 atom stereocenters. The highest BCUT2D eigenvalue weighted by Crippen LogP contribution is 2.19. The minimum Gasteiger partial charge on any atom is -0.370 e. The van der Waals surface area contributed by atoms with Crippen molar-refractivity contribution in [2.45, 2.75) is 38.3 Å². The van der Waals surface area contributed by atoms with Gasteiger partial charge in [-0.1, -0.05) is 0 Å². The van der Waals surface area contributed by atoms with Crippen LogP contribution in [0.25, 0.3) is 0 Å². The van der Waals surface area contributed by atoms with Crippen molar-refractivity contribution in [2.75, 3.05) is 18.4 Å². The molecule has 0 aromatic carbocycles. The summed E-state index contributed by atoms with van der Waals surface area (Å²) in [6.07, 6.45) is 6.89. The maximum Gasteiger partial charge on any atom is 0.126 e. The number of anilines is 1. The highest BCUT2D eigenvalue weighted by atomic mass is 15.2. The first kappa shape index (κ1) is 9.21. The lowest BCUT2D eigenvalue weighted by atomic mass is 10.1. The Hall–Kier alpha value is -1.03. The fourth-order valence-electron chi connectivity index (χ4n) is 2.57. The first-order valence-electron chi connectivity index (χ1n) is 5.95. The average Bonchev–Trinajstić information content (AvgIpc) is 2.89. The summed E-state index contributed by atoms with van der Waals surface area (Å²) in [7, 11) is 0. The van der Waals surface area contributed by atoms with Gasteiger partial charge in [-0.2, -0.15) is 0 Å². The van der Waals surface area contributed by atoms with Gasteiger partial charge in [-0.25, -0.2) is 4.98 Å². The molecule has 1 fully saturated rings. The monoisotopic (exact) mass is 206 g/mol. The summed E-state index contributed by atoms with van der Waals surface area (Å²) in [6.45, 7) is 3.40. The second-order valence-corrected chi connectivity index (χ2v) is 4.49. The van der Waals surface area contributed by atoms with E-state index < -0.39 is 0 Å². The highest BCUT2D eigenvalue weighted by Gasteiger charge is 2.19. The van der Waals surface area contributed by atoms with Gasteiger partial charge in [0.15, 0.2) is 0 Å². The van der Waals surface area contributed by atoms with Gasteiger partial charge in [0, 0.05) is 25.6 Å². The SMILES string of the molecule is c1nc(CC2CCCN2)n2c1NCCC2. The minimum atomic E-state index is 0.651. The number of hydrogen-bond acceptors (Lipinski definition) is 3. The Morgan fingerprint density at radius 3 is 3.27 bits per heavy atom. The normalized spacial score (nSPS) is 24.9. The molecule has 4 heteroatoms. The summed E-state index contributed by atoms with van der Waals surface area (Å²) in [6, 6.07) is 0.651. The van der Waals surface area contributed by atoms with Crippen molar-refractivity contribution in [2.24, 2.45) is 0 Å². The lowest BCUT2D eigenvalue weighted by Gasteiger charge is -2.19. The largest absolute Gasteiger partial charge is 0.370 e. The first-order chi connectivity index (χ1) is 7.43. The van der Waals surface area contributed by atoms with Gasteiger partial charge in [0.25, 0.3) is 0 Å². The second kappa shape index (κ2) is 3.85. The predicted octanol–water partition coefficient (Wildman–Crippen LogP) is 0.993. The van der Waals surface area contributed by atoms with Crippen LogP contribution in [0.15, 0.2) is 6.20 Å². The van der Waals surface area contributed by atoms with Gasteiger partial charge in [-0.3, -0.25) is 0 Å². The van der Waals surface area contributed by atoms with Gasteiger partial charge in [0.05, 0.1) is 6.20 Å². The molecule has 1 aromatic rings. The number of nitrogens with zero attached hydrogens (tertiary/aromatic N) is 2. The summed E-state index contributed by atoms with van der Waals surface area (Å²) in [5.41, 5.74) is 0. The zero-order valence-corrected chi connectivity index (χ0v) is 9.00. The summed E-state index contributed by atoms with van der Waals surface area (Å²) >= 11 is 0. The van der Waals surface area contributed by atoms with Crippen LogP contribution in [0.2, 0.25) is 0 Å². The lowest BCUT2D eigenvalue weighted by Crippen LogP contribution is -2.26. The Balaban J connectivity index is 1.76. The van der Waals surface area contributed by atoms with Crippen LogP contribution in [0, 0.1) is 0 Å². The van der Waals surface area contributed by atoms with Crippen molar-refractivity contribution in [3.05, 3.63) is 12.0 Å². The molecule has 0 saturated carbocycles. The van der Waals surface area contributed by atoms with Crippen molar-refractivity contribution >= 4 is 5.82 Å². The molecule has 4 nitrogen and oxygen atoms in total. The van der Waals surface area contributed by atoms with Gasteiger partial charge < -0.3 is 15.2 Å². The van der Waals surface area contributed by atoms with Crippen LogP contribution in [0.3, 0.4) is 0 Å². The summed E-state index contributed by atoms with van der Waals surface area (Å²) < 4.78 is 2.34. The zero-order valence-electron chi connectivity index (χ0n) is 9.00. The van der Waals surface area contributed by atoms with E-state index in [-0.39, 0.29) is 0 Å². The molecule has 1 aromatic heterocycles. The van der Waals surface area contributed by atoms with Crippen molar-refractivity contribution in [3.8, 4) is 0 Å². The second-order valence-electron chi connectivity index (χ2n) is 4.49. The molecule has 15 heavy (non-hydrogen) atoms. The molecule has 0 bridgehead atoms. The minimum absolute atomic E-state index is 0.651. The third-order valence-corrected chi connectivity index (χ3v) is 3.39. The van der Waals surface area contributed by atoms with Crippen molar-refractivity contribution in [3.63, 3.8) is 0 Å². The predicted molar refractivity (Wildman–Crippen MR) is 60.1 cm³/mol. The third kappa shape index (κ3) is 1.74. The van der Waals surface area contributed by atoms with E-state index in [1.165, 1.54) is 37.4 Å². The van der Waals surface area contributed by atoms with E-state index in [9.17, 15) is 0 Å². The molecule has 82 valence electrons. The Morgan fingerprint density at radius 1 is 1.40 bits per heavy atom. The van der Waals surface area contributed by atoms with Crippen molar-refractivity contribution in [1.29, 1.82) is 0 Å². The number of hydrogen-bond donors (Lipinski definition) is 2. The van der Waals surface area contributed by atoms with Crippen LogP contribution in [0.4, 0.5) is 5.82 Å². The molecule has 3 heterocycles. The zero-order chi connectivity index (χ0) is 10.1.